The van der Waals surface area contributed by atoms with Gasteiger partial charge in [-0.3, -0.25) is 4.79 Å². The van der Waals surface area contributed by atoms with Gasteiger partial charge in [0.2, 0.25) is 0 Å². The zero-order valence-electron chi connectivity index (χ0n) is 11.8. The van der Waals surface area contributed by atoms with Crippen molar-refractivity contribution in [1.82, 2.24) is 15.2 Å². The molecule has 2 heterocycles. The number of hydrogen-bond acceptors (Lipinski definition) is 3. The van der Waals surface area contributed by atoms with E-state index in [2.05, 4.69) is 10.3 Å². The largest absolute Gasteiger partial charge is 0.328 e. The number of piperazine rings is 1. The molecule has 1 saturated heterocycles. The highest BCUT2D eigenvalue weighted by atomic mass is 35.5. The van der Waals surface area contributed by atoms with E-state index in [9.17, 15) is 4.79 Å². The first-order valence-corrected chi connectivity index (χ1v) is 7.79. The number of benzene rings is 1. The van der Waals surface area contributed by atoms with E-state index < -0.39 is 0 Å². The van der Waals surface area contributed by atoms with Gasteiger partial charge in [-0.25, -0.2) is 4.98 Å². The Hall–Kier alpha value is -1.62. The molecule has 0 bridgehead atoms. The van der Waals surface area contributed by atoms with Gasteiger partial charge in [0.05, 0.1) is 11.1 Å². The predicted molar refractivity (Wildman–Crippen MR) is 87.3 cm³/mol. The Morgan fingerprint density at radius 2 is 2.09 bits per heavy atom. The van der Waals surface area contributed by atoms with Crippen LogP contribution in [0.5, 0.6) is 0 Å². The average Bonchev–Trinajstić information content (AvgIpc) is 2.55. The minimum Gasteiger partial charge on any atom is -0.328 e. The molecule has 1 fully saturated rings. The number of nitrogens with one attached hydrogen (secondary N) is 1. The van der Waals surface area contributed by atoms with E-state index in [1.165, 1.54) is 6.20 Å². The van der Waals surface area contributed by atoms with Crippen LogP contribution in [0, 0.1) is 0 Å². The van der Waals surface area contributed by atoms with Crippen LogP contribution in [0.1, 0.15) is 22.1 Å². The smallest absolute Gasteiger partial charge is 0.273 e. The first-order chi connectivity index (χ1) is 10.6. The quantitative estimate of drug-likeness (QED) is 0.916. The van der Waals surface area contributed by atoms with Crippen LogP contribution < -0.4 is 5.32 Å². The molecule has 3 rings (SSSR count). The Kier molecular flexibility index (Phi) is 4.62. The van der Waals surface area contributed by atoms with E-state index in [1.54, 1.807) is 12.1 Å². The molecule has 0 aliphatic carbocycles. The van der Waals surface area contributed by atoms with Crippen LogP contribution in [-0.2, 0) is 0 Å². The fraction of sp³-hybridized carbons (Fsp3) is 0.250. The Labute approximate surface area is 139 Å². The third-order valence-electron chi connectivity index (χ3n) is 3.68. The van der Waals surface area contributed by atoms with Crippen molar-refractivity contribution in [1.29, 1.82) is 0 Å². The summed E-state index contributed by atoms with van der Waals surface area (Å²) in [5, 5.41) is 4.50. The highest BCUT2D eigenvalue weighted by molar-refractivity contribution is 6.30. The lowest BCUT2D eigenvalue weighted by molar-refractivity contribution is 0.0628. The van der Waals surface area contributed by atoms with Gasteiger partial charge in [0, 0.05) is 30.9 Å². The van der Waals surface area contributed by atoms with Crippen molar-refractivity contribution in [2.24, 2.45) is 0 Å². The summed E-state index contributed by atoms with van der Waals surface area (Å²) in [6.45, 7) is 2.08. The van der Waals surface area contributed by atoms with E-state index in [0.29, 0.717) is 28.8 Å². The fourth-order valence-electron chi connectivity index (χ4n) is 2.61. The van der Waals surface area contributed by atoms with E-state index >= 15 is 0 Å². The van der Waals surface area contributed by atoms with Crippen LogP contribution in [0.15, 0.2) is 42.6 Å². The number of carbonyl (C=O) groups excluding carboxylic acids is 1. The molecule has 4 nitrogen and oxygen atoms in total. The number of hydrogen-bond donors (Lipinski definition) is 1. The van der Waals surface area contributed by atoms with Gasteiger partial charge in [-0.2, -0.15) is 0 Å². The third kappa shape index (κ3) is 3.24. The summed E-state index contributed by atoms with van der Waals surface area (Å²) in [5.41, 5.74) is 1.42. The molecule has 1 aliphatic rings. The van der Waals surface area contributed by atoms with Crippen molar-refractivity contribution in [2.45, 2.75) is 6.04 Å². The van der Waals surface area contributed by atoms with Crippen LogP contribution >= 0.6 is 23.2 Å². The molecule has 1 unspecified atom stereocenters. The number of amides is 1. The Bertz CT molecular complexity index is 675. The maximum absolute atomic E-state index is 12.7. The van der Waals surface area contributed by atoms with Gasteiger partial charge in [-0.05, 0) is 29.8 Å². The van der Waals surface area contributed by atoms with Gasteiger partial charge in [-0.15, -0.1) is 0 Å². The van der Waals surface area contributed by atoms with E-state index in [4.69, 9.17) is 23.2 Å². The van der Waals surface area contributed by atoms with Crippen LogP contribution in [0.3, 0.4) is 0 Å². The first-order valence-electron chi connectivity index (χ1n) is 7.04. The monoisotopic (exact) mass is 335 g/mol. The SMILES string of the molecule is O=C(c1ccc(Cl)cn1)N1CCNCC1c1cccc(Cl)c1. The molecule has 1 aromatic carbocycles. The number of halogens is 2. The van der Waals surface area contributed by atoms with Gasteiger partial charge in [-0.1, -0.05) is 35.3 Å². The zero-order valence-corrected chi connectivity index (χ0v) is 13.3. The summed E-state index contributed by atoms with van der Waals surface area (Å²) in [6.07, 6.45) is 1.49. The summed E-state index contributed by atoms with van der Waals surface area (Å²) < 4.78 is 0. The van der Waals surface area contributed by atoms with Crippen molar-refractivity contribution in [3.63, 3.8) is 0 Å². The molecule has 1 N–H and O–H groups in total. The number of pyridine rings is 1. The topological polar surface area (TPSA) is 45.2 Å². The second-order valence-electron chi connectivity index (χ2n) is 5.14. The molecule has 2 aromatic rings. The lowest BCUT2D eigenvalue weighted by Crippen LogP contribution is -2.48. The maximum Gasteiger partial charge on any atom is 0.273 e. The molecule has 1 atom stereocenters. The van der Waals surface area contributed by atoms with Gasteiger partial charge < -0.3 is 10.2 Å². The van der Waals surface area contributed by atoms with E-state index in [0.717, 1.165) is 12.1 Å². The second kappa shape index (κ2) is 6.65. The average molecular weight is 336 g/mol. The minimum atomic E-state index is -0.0943. The molecular weight excluding hydrogens is 321 g/mol. The molecule has 0 saturated carbocycles. The number of carbonyl (C=O) groups is 1. The number of aromatic nitrogens is 1. The second-order valence-corrected chi connectivity index (χ2v) is 6.01. The summed E-state index contributed by atoms with van der Waals surface area (Å²) >= 11 is 11.9. The van der Waals surface area contributed by atoms with Crippen molar-refractivity contribution >= 4 is 29.1 Å². The molecule has 22 heavy (non-hydrogen) atoms. The lowest BCUT2D eigenvalue weighted by Gasteiger charge is -2.36. The molecule has 1 aromatic heterocycles. The maximum atomic E-state index is 12.7. The summed E-state index contributed by atoms with van der Waals surface area (Å²) in [5.74, 6) is -0.0943. The van der Waals surface area contributed by atoms with E-state index in [-0.39, 0.29) is 11.9 Å². The molecule has 6 heteroatoms. The highest BCUT2D eigenvalue weighted by Crippen LogP contribution is 2.26. The van der Waals surface area contributed by atoms with Crippen LogP contribution in [0.2, 0.25) is 10.0 Å². The highest BCUT2D eigenvalue weighted by Gasteiger charge is 2.29. The Balaban J connectivity index is 1.89. The summed E-state index contributed by atoms with van der Waals surface area (Å²) in [4.78, 5) is 18.7. The first kappa shape index (κ1) is 15.3. The summed E-state index contributed by atoms with van der Waals surface area (Å²) in [7, 11) is 0. The van der Waals surface area contributed by atoms with Crippen molar-refractivity contribution in [2.75, 3.05) is 19.6 Å². The van der Waals surface area contributed by atoms with Crippen LogP contribution in [-0.4, -0.2) is 35.4 Å². The molecule has 0 spiro atoms. The molecule has 1 amide bonds. The third-order valence-corrected chi connectivity index (χ3v) is 4.14. The van der Waals surface area contributed by atoms with Gasteiger partial charge in [0.15, 0.2) is 0 Å². The van der Waals surface area contributed by atoms with E-state index in [1.807, 2.05) is 29.2 Å². The normalized spacial score (nSPS) is 18.3. The Morgan fingerprint density at radius 1 is 1.23 bits per heavy atom. The van der Waals surface area contributed by atoms with Crippen molar-refractivity contribution in [3.05, 3.63) is 63.9 Å². The van der Waals surface area contributed by atoms with Gasteiger partial charge in [0.1, 0.15) is 5.69 Å². The molecule has 1 aliphatic heterocycles. The van der Waals surface area contributed by atoms with Gasteiger partial charge >= 0.3 is 0 Å². The molecule has 0 radical (unpaired) electrons. The van der Waals surface area contributed by atoms with Crippen LogP contribution in [0.4, 0.5) is 0 Å². The van der Waals surface area contributed by atoms with Gasteiger partial charge in [0.25, 0.3) is 5.91 Å². The Morgan fingerprint density at radius 3 is 2.82 bits per heavy atom. The number of nitrogens with zero attached hydrogens (tertiary/aromatic N) is 2. The minimum absolute atomic E-state index is 0.0579. The van der Waals surface area contributed by atoms with Crippen molar-refractivity contribution < 1.29 is 4.79 Å². The van der Waals surface area contributed by atoms with Crippen LogP contribution in [0.25, 0.3) is 0 Å². The molecule has 114 valence electrons. The van der Waals surface area contributed by atoms with Crippen molar-refractivity contribution in [3.8, 4) is 0 Å². The molecular formula is C16H15Cl2N3O. The zero-order chi connectivity index (χ0) is 15.5. The fourth-order valence-corrected chi connectivity index (χ4v) is 2.92. The number of rotatable bonds is 2. The lowest BCUT2D eigenvalue weighted by atomic mass is 10.0. The summed E-state index contributed by atoms with van der Waals surface area (Å²) in [6, 6.07) is 10.9. The predicted octanol–water partition coefficient (Wildman–Crippen LogP) is 3.18. The standard InChI is InChI=1S/C16H15Cl2N3O/c17-12-3-1-2-11(8-12)15-10-19-6-7-21(15)16(22)14-5-4-13(18)9-20-14/h1-5,8-9,15,19H,6-7,10H2.